The largest absolute Gasteiger partial charge is 0.268 e. The smallest absolute Gasteiger partial charge is 0.268 e. The highest BCUT2D eigenvalue weighted by Crippen LogP contribution is 2.16. The van der Waals surface area contributed by atoms with Crippen molar-refractivity contribution < 1.29 is 0 Å². The van der Waals surface area contributed by atoms with E-state index in [1.54, 1.807) is 11.5 Å². The second-order valence-electron chi connectivity index (χ2n) is 5.12. The zero-order chi connectivity index (χ0) is 13.5. The minimum atomic E-state index is 0.187. The predicted molar refractivity (Wildman–Crippen MR) is 84.1 cm³/mol. The van der Waals surface area contributed by atoms with Crippen molar-refractivity contribution in [1.29, 1.82) is 0 Å². The fraction of sp³-hybridized carbons (Fsp3) is 0.562. The molecule has 0 atom stereocenters. The van der Waals surface area contributed by atoms with Crippen LogP contribution in [0.1, 0.15) is 51.9 Å². The molecule has 19 heavy (non-hydrogen) atoms. The third-order valence-electron chi connectivity index (χ3n) is 3.52. The van der Waals surface area contributed by atoms with Gasteiger partial charge in [0.25, 0.3) is 5.56 Å². The zero-order valence-corrected chi connectivity index (χ0v) is 12.5. The SMILES string of the molecule is CCCCCCCCCn1sc2ccccc2c1=O. The molecule has 0 saturated carbocycles. The monoisotopic (exact) mass is 277 g/mol. The van der Waals surface area contributed by atoms with Gasteiger partial charge < -0.3 is 0 Å². The summed E-state index contributed by atoms with van der Waals surface area (Å²) in [5.41, 5.74) is 0.187. The average molecular weight is 277 g/mol. The maximum Gasteiger partial charge on any atom is 0.268 e. The molecule has 0 fully saturated rings. The van der Waals surface area contributed by atoms with Crippen molar-refractivity contribution in [2.24, 2.45) is 0 Å². The van der Waals surface area contributed by atoms with Crippen LogP contribution < -0.4 is 5.56 Å². The molecule has 0 aliphatic rings. The molecule has 1 aromatic heterocycles. The van der Waals surface area contributed by atoms with E-state index >= 15 is 0 Å². The maximum atomic E-state index is 12.1. The van der Waals surface area contributed by atoms with Crippen molar-refractivity contribution >= 4 is 21.6 Å². The summed E-state index contributed by atoms with van der Waals surface area (Å²) in [6.07, 6.45) is 9.03. The molecule has 0 unspecified atom stereocenters. The van der Waals surface area contributed by atoms with Crippen LogP contribution in [0.2, 0.25) is 0 Å². The molecular formula is C16H23NOS. The Morgan fingerprint density at radius 1 is 1.00 bits per heavy atom. The van der Waals surface area contributed by atoms with Gasteiger partial charge in [0, 0.05) is 6.54 Å². The van der Waals surface area contributed by atoms with Crippen molar-refractivity contribution in [1.82, 2.24) is 3.96 Å². The van der Waals surface area contributed by atoms with Crippen LogP contribution in [0.3, 0.4) is 0 Å². The van der Waals surface area contributed by atoms with E-state index in [4.69, 9.17) is 0 Å². The number of hydrogen-bond donors (Lipinski definition) is 0. The van der Waals surface area contributed by atoms with E-state index in [1.807, 2.05) is 28.2 Å². The van der Waals surface area contributed by atoms with Crippen LogP contribution in [0.4, 0.5) is 0 Å². The van der Waals surface area contributed by atoms with Gasteiger partial charge in [-0.2, -0.15) is 0 Å². The standard InChI is InChI=1S/C16H23NOS/c1-2-3-4-5-6-7-10-13-17-16(18)14-11-8-9-12-15(14)19-17/h8-9,11-12H,2-7,10,13H2,1H3. The molecule has 1 aromatic carbocycles. The van der Waals surface area contributed by atoms with Gasteiger partial charge in [0.2, 0.25) is 0 Å². The van der Waals surface area contributed by atoms with Gasteiger partial charge in [-0.05, 0) is 18.6 Å². The second kappa shape index (κ2) is 7.49. The number of unbranched alkanes of at least 4 members (excludes halogenated alkanes) is 6. The molecular weight excluding hydrogens is 254 g/mol. The number of nitrogens with zero attached hydrogens (tertiary/aromatic N) is 1. The molecule has 0 saturated heterocycles. The summed E-state index contributed by atoms with van der Waals surface area (Å²) in [5, 5.41) is 0.871. The Balaban J connectivity index is 1.79. The number of fused-ring (bicyclic) bond motifs is 1. The Labute approximate surface area is 119 Å². The molecule has 0 radical (unpaired) electrons. The van der Waals surface area contributed by atoms with E-state index in [9.17, 15) is 4.79 Å². The molecule has 104 valence electrons. The highest BCUT2D eigenvalue weighted by Gasteiger charge is 2.05. The van der Waals surface area contributed by atoms with Crippen molar-refractivity contribution in [3.8, 4) is 0 Å². The molecule has 1 heterocycles. The van der Waals surface area contributed by atoms with Crippen molar-refractivity contribution in [2.75, 3.05) is 0 Å². The minimum absolute atomic E-state index is 0.187. The Bertz CT molecular complexity index is 555. The average Bonchev–Trinajstić information content (AvgIpc) is 2.75. The highest BCUT2D eigenvalue weighted by molar-refractivity contribution is 7.13. The molecule has 2 nitrogen and oxygen atoms in total. The summed E-state index contributed by atoms with van der Waals surface area (Å²) >= 11 is 1.60. The second-order valence-corrected chi connectivity index (χ2v) is 6.18. The summed E-state index contributed by atoms with van der Waals surface area (Å²) in [5.74, 6) is 0. The van der Waals surface area contributed by atoms with E-state index in [1.165, 1.54) is 38.5 Å². The lowest BCUT2D eigenvalue weighted by Gasteiger charge is -2.01. The van der Waals surface area contributed by atoms with Crippen LogP contribution in [0.5, 0.6) is 0 Å². The fourth-order valence-corrected chi connectivity index (χ4v) is 3.41. The highest BCUT2D eigenvalue weighted by atomic mass is 32.1. The fourth-order valence-electron chi connectivity index (χ4n) is 2.38. The first-order valence-electron chi connectivity index (χ1n) is 7.42. The van der Waals surface area contributed by atoms with Crippen molar-refractivity contribution in [2.45, 2.75) is 58.4 Å². The lowest BCUT2D eigenvalue weighted by molar-refractivity contribution is 0.559. The van der Waals surface area contributed by atoms with Gasteiger partial charge in [0.1, 0.15) is 0 Å². The summed E-state index contributed by atoms with van der Waals surface area (Å²) in [7, 11) is 0. The summed E-state index contributed by atoms with van der Waals surface area (Å²) in [4.78, 5) is 12.1. The number of aryl methyl sites for hydroxylation is 1. The van der Waals surface area contributed by atoms with Gasteiger partial charge in [0.15, 0.2) is 0 Å². The van der Waals surface area contributed by atoms with E-state index < -0.39 is 0 Å². The van der Waals surface area contributed by atoms with Gasteiger partial charge in [0.05, 0.1) is 10.1 Å². The van der Waals surface area contributed by atoms with Crippen molar-refractivity contribution in [3.05, 3.63) is 34.6 Å². The van der Waals surface area contributed by atoms with E-state index in [-0.39, 0.29) is 5.56 Å². The number of aromatic nitrogens is 1. The molecule has 0 N–H and O–H groups in total. The Hall–Kier alpha value is -1.09. The van der Waals surface area contributed by atoms with Crippen molar-refractivity contribution in [3.63, 3.8) is 0 Å². The Morgan fingerprint density at radius 2 is 1.68 bits per heavy atom. The predicted octanol–water partition coefficient (Wildman–Crippen LogP) is 4.81. The number of hydrogen-bond acceptors (Lipinski definition) is 2. The summed E-state index contributed by atoms with van der Waals surface area (Å²) in [6.45, 7) is 3.12. The molecule has 2 aromatic rings. The van der Waals surface area contributed by atoms with Gasteiger partial charge in [-0.15, -0.1) is 0 Å². The Morgan fingerprint density at radius 3 is 2.42 bits per heavy atom. The normalized spacial score (nSPS) is 11.2. The van der Waals surface area contributed by atoms with E-state index in [2.05, 4.69) is 6.92 Å². The number of benzene rings is 1. The summed E-state index contributed by atoms with van der Waals surface area (Å²) in [6, 6.07) is 7.89. The van der Waals surface area contributed by atoms with Crippen LogP contribution in [0, 0.1) is 0 Å². The van der Waals surface area contributed by atoms with Crippen LogP contribution >= 0.6 is 11.5 Å². The van der Waals surface area contributed by atoms with E-state index in [0.29, 0.717) is 0 Å². The van der Waals surface area contributed by atoms with Crippen LogP contribution in [0.15, 0.2) is 29.1 Å². The van der Waals surface area contributed by atoms with Gasteiger partial charge >= 0.3 is 0 Å². The van der Waals surface area contributed by atoms with Gasteiger partial charge in [-0.25, -0.2) is 0 Å². The van der Waals surface area contributed by atoms with Crippen LogP contribution in [-0.4, -0.2) is 3.96 Å². The number of rotatable bonds is 8. The third-order valence-corrected chi connectivity index (χ3v) is 4.64. The first-order valence-corrected chi connectivity index (χ1v) is 8.19. The molecule has 0 aliphatic heterocycles. The topological polar surface area (TPSA) is 22.0 Å². The third kappa shape index (κ3) is 3.93. The zero-order valence-electron chi connectivity index (χ0n) is 11.7. The molecule has 3 heteroatoms. The first-order chi connectivity index (χ1) is 9.33. The molecule has 0 amide bonds. The molecule has 2 rings (SSSR count). The lowest BCUT2D eigenvalue weighted by Crippen LogP contribution is -2.12. The molecule has 0 aliphatic carbocycles. The maximum absolute atomic E-state index is 12.1. The van der Waals surface area contributed by atoms with E-state index in [0.717, 1.165) is 23.1 Å². The minimum Gasteiger partial charge on any atom is -0.268 e. The van der Waals surface area contributed by atoms with Crippen LogP contribution in [0.25, 0.3) is 10.1 Å². The van der Waals surface area contributed by atoms with Gasteiger partial charge in [-0.1, -0.05) is 69.1 Å². The lowest BCUT2D eigenvalue weighted by atomic mass is 10.1. The summed E-state index contributed by atoms with van der Waals surface area (Å²) < 4.78 is 3.02. The van der Waals surface area contributed by atoms with Gasteiger partial charge in [-0.3, -0.25) is 8.75 Å². The molecule has 0 bridgehead atoms. The quantitative estimate of drug-likeness (QED) is 0.634. The molecule has 0 spiro atoms. The van der Waals surface area contributed by atoms with Crippen LogP contribution in [-0.2, 0) is 6.54 Å². The Kier molecular flexibility index (Phi) is 5.64. The first kappa shape index (κ1) is 14.3.